The number of H-pyrrole nitrogens is 1. The third-order valence-corrected chi connectivity index (χ3v) is 3.42. The van der Waals surface area contributed by atoms with Crippen molar-refractivity contribution in [1.82, 2.24) is 15.6 Å². The Balaban J connectivity index is 0.00000220. The van der Waals surface area contributed by atoms with Gasteiger partial charge in [0.2, 0.25) is 0 Å². The minimum Gasteiger partial charge on any atom is -0.361 e. The Morgan fingerprint density at radius 1 is 1.29 bits per heavy atom. The van der Waals surface area contributed by atoms with E-state index >= 15 is 0 Å². The fraction of sp³-hybridized carbons (Fsp3) is 0.400. The number of nitrogens with one attached hydrogen (secondary N) is 3. The molecule has 0 spiro atoms. The van der Waals surface area contributed by atoms with Gasteiger partial charge in [0, 0.05) is 42.3 Å². The molecule has 3 N–H and O–H groups in total. The Hall–Kier alpha value is -0.950. The summed E-state index contributed by atoms with van der Waals surface area (Å²) >= 11 is 6.05. The number of aromatic amines is 1. The highest BCUT2D eigenvalue weighted by Crippen LogP contribution is 2.22. The Kier molecular flexibility index (Phi) is 7.88. The molecule has 1 aromatic heterocycles. The van der Waals surface area contributed by atoms with Crippen molar-refractivity contribution in [1.29, 1.82) is 0 Å². The van der Waals surface area contributed by atoms with Crippen molar-refractivity contribution >= 4 is 52.4 Å². The molecular formula is C15H22ClIN4. The van der Waals surface area contributed by atoms with Crippen LogP contribution in [0.1, 0.15) is 18.9 Å². The lowest BCUT2D eigenvalue weighted by molar-refractivity contribution is 0.775. The smallest absolute Gasteiger partial charge is 0.190 e. The first kappa shape index (κ1) is 18.1. The molecule has 2 rings (SSSR count). The molecule has 2 aromatic rings. The number of hydrogen-bond acceptors (Lipinski definition) is 1. The van der Waals surface area contributed by atoms with Crippen LogP contribution in [0.4, 0.5) is 0 Å². The van der Waals surface area contributed by atoms with Crippen LogP contribution in [0.25, 0.3) is 10.9 Å². The summed E-state index contributed by atoms with van der Waals surface area (Å²) in [5.41, 5.74) is 2.39. The van der Waals surface area contributed by atoms with E-state index in [1.165, 1.54) is 10.9 Å². The SMILES string of the molecule is CCCNC(=NC)NCCc1c[nH]c2ccc(Cl)cc12.I. The van der Waals surface area contributed by atoms with Crippen LogP contribution < -0.4 is 10.6 Å². The first-order valence-corrected chi connectivity index (χ1v) is 7.32. The maximum Gasteiger partial charge on any atom is 0.190 e. The van der Waals surface area contributed by atoms with Gasteiger partial charge < -0.3 is 15.6 Å². The summed E-state index contributed by atoms with van der Waals surface area (Å²) < 4.78 is 0. The van der Waals surface area contributed by atoms with Gasteiger partial charge in [0.1, 0.15) is 0 Å². The van der Waals surface area contributed by atoms with Crippen molar-refractivity contribution in [3.8, 4) is 0 Å². The van der Waals surface area contributed by atoms with Gasteiger partial charge in [-0.25, -0.2) is 0 Å². The minimum absolute atomic E-state index is 0. The maximum atomic E-state index is 6.05. The number of aromatic nitrogens is 1. The zero-order valence-corrected chi connectivity index (χ0v) is 15.5. The van der Waals surface area contributed by atoms with Crippen LogP contribution in [0.2, 0.25) is 5.02 Å². The zero-order valence-electron chi connectivity index (χ0n) is 12.4. The lowest BCUT2D eigenvalue weighted by Crippen LogP contribution is -2.38. The van der Waals surface area contributed by atoms with Gasteiger partial charge in [-0.05, 0) is 36.6 Å². The molecule has 1 aromatic carbocycles. The van der Waals surface area contributed by atoms with Gasteiger partial charge in [-0.2, -0.15) is 0 Å². The molecular weight excluding hydrogens is 399 g/mol. The first-order chi connectivity index (χ1) is 9.74. The third kappa shape index (κ3) is 5.07. The molecule has 0 radical (unpaired) electrons. The number of benzene rings is 1. The van der Waals surface area contributed by atoms with Crippen molar-refractivity contribution in [3.05, 3.63) is 35.0 Å². The van der Waals surface area contributed by atoms with Gasteiger partial charge in [-0.15, -0.1) is 24.0 Å². The molecule has 0 aliphatic heterocycles. The van der Waals surface area contributed by atoms with Crippen LogP contribution >= 0.6 is 35.6 Å². The van der Waals surface area contributed by atoms with Gasteiger partial charge in [-0.1, -0.05) is 18.5 Å². The molecule has 0 saturated carbocycles. The van der Waals surface area contributed by atoms with E-state index < -0.39 is 0 Å². The highest BCUT2D eigenvalue weighted by molar-refractivity contribution is 14.0. The van der Waals surface area contributed by atoms with Crippen LogP contribution in [-0.4, -0.2) is 31.1 Å². The molecule has 0 fully saturated rings. The summed E-state index contributed by atoms with van der Waals surface area (Å²) in [5.74, 6) is 0.852. The van der Waals surface area contributed by atoms with Crippen molar-refractivity contribution < 1.29 is 0 Å². The van der Waals surface area contributed by atoms with E-state index in [4.69, 9.17) is 11.6 Å². The predicted molar refractivity (Wildman–Crippen MR) is 102 cm³/mol. The first-order valence-electron chi connectivity index (χ1n) is 6.94. The van der Waals surface area contributed by atoms with Gasteiger partial charge in [0.15, 0.2) is 5.96 Å². The summed E-state index contributed by atoms with van der Waals surface area (Å²) in [4.78, 5) is 7.46. The molecule has 0 atom stereocenters. The highest BCUT2D eigenvalue weighted by Gasteiger charge is 2.04. The average molecular weight is 421 g/mol. The van der Waals surface area contributed by atoms with Crippen molar-refractivity contribution in [2.45, 2.75) is 19.8 Å². The number of hydrogen-bond donors (Lipinski definition) is 3. The second-order valence-electron chi connectivity index (χ2n) is 4.68. The Morgan fingerprint density at radius 3 is 2.76 bits per heavy atom. The third-order valence-electron chi connectivity index (χ3n) is 3.18. The Bertz CT molecular complexity index is 594. The van der Waals surface area contributed by atoms with Gasteiger partial charge in [0.25, 0.3) is 0 Å². The number of guanidine groups is 1. The average Bonchev–Trinajstić information content (AvgIpc) is 2.85. The second-order valence-corrected chi connectivity index (χ2v) is 5.12. The van der Waals surface area contributed by atoms with E-state index in [1.807, 2.05) is 24.4 Å². The van der Waals surface area contributed by atoms with Crippen LogP contribution in [0.5, 0.6) is 0 Å². The lowest BCUT2D eigenvalue weighted by Gasteiger charge is -2.10. The Morgan fingerprint density at radius 2 is 2.05 bits per heavy atom. The van der Waals surface area contributed by atoms with Crippen molar-refractivity contribution in [2.75, 3.05) is 20.1 Å². The number of aliphatic imine (C=N–C) groups is 1. The summed E-state index contributed by atoms with van der Waals surface area (Å²) in [6, 6.07) is 5.92. The number of nitrogens with zero attached hydrogens (tertiary/aromatic N) is 1. The van der Waals surface area contributed by atoms with E-state index in [1.54, 1.807) is 7.05 Å². The fourth-order valence-corrected chi connectivity index (χ4v) is 2.31. The molecule has 116 valence electrons. The molecule has 0 amide bonds. The summed E-state index contributed by atoms with van der Waals surface area (Å²) in [7, 11) is 1.79. The molecule has 21 heavy (non-hydrogen) atoms. The monoisotopic (exact) mass is 420 g/mol. The van der Waals surface area contributed by atoms with E-state index in [0.717, 1.165) is 42.4 Å². The van der Waals surface area contributed by atoms with Gasteiger partial charge in [0.05, 0.1) is 0 Å². The van der Waals surface area contributed by atoms with Crippen LogP contribution in [-0.2, 0) is 6.42 Å². The molecule has 0 bridgehead atoms. The largest absolute Gasteiger partial charge is 0.361 e. The van der Waals surface area contributed by atoms with Crippen LogP contribution in [0.3, 0.4) is 0 Å². The standard InChI is InChI=1S/C15H21ClN4.HI/c1-3-7-18-15(17-2)19-8-6-11-10-20-14-5-4-12(16)9-13(11)14;/h4-5,9-10,20H,3,6-8H2,1-2H3,(H2,17,18,19);1H. The molecule has 0 aliphatic carbocycles. The molecule has 1 heterocycles. The molecule has 0 unspecified atom stereocenters. The minimum atomic E-state index is 0. The highest BCUT2D eigenvalue weighted by atomic mass is 127. The molecule has 0 saturated heterocycles. The predicted octanol–water partition coefficient (Wildman–Crippen LogP) is 3.56. The second kappa shape index (κ2) is 9.15. The summed E-state index contributed by atoms with van der Waals surface area (Å²) in [5, 5.41) is 8.53. The topological polar surface area (TPSA) is 52.2 Å². The van der Waals surface area contributed by atoms with Crippen LogP contribution in [0, 0.1) is 0 Å². The number of fused-ring (bicyclic) bond motifs is 1. The van der Waals surface area contributed by atoms with E-state index in [0.29, 0.717) is 0 Å². The van der Waals surface area contributed by atoms with Gasteiger partial charge in [-0.3, -0.25) is 4.99 Å². The quantitative estimate of drug-likeness (QED) is 0.394. The maximum absolute atomic E-state index is 6.05. The van der Waals surface area contributed by atoms with E-state index in [-0.39, 0.29) is 24.0 Å². The zero-order chi connectivity index (χ0) is 14.4. The molecule has 0 aliphatic rings. The Labute approximate surface area is 147 Å². The summed E-state index contributed by atoms with van der Waals surface area (Å²) in [6.45, 7) is 3.90. The van der Waals surface area contributed by atoms with E-state index in [2.05, 4.69) is 27.5 Å². The van der Waals surface area contributed by atoms with Crippen LogP contribution in [0.15, 0.2) is 29.4 Å². The molecule has 4 nitrogen and oxygen atoms in total. The van der Waals surface area contributed by atoms with Gasteiger partial charge >= 0.3 is 0 Å². The molecule has 6 heteroatoms. The van der Waals surface area contributed by atoms with Crippen molar-refractivity contribution in [2.24, 2.45) is 4.99 Å². The fourth-order valence-electron chi connectivity index (χ4n) is 2.14. The number of rotatable bonds is 5. The van der Waals surface area contributed by atoms with Crippen molar-refractivity contribution in [3.63, 3.8) is 0 Å². The lowest BCUT2D eigenvalue weighted by atomic mass is 10.1. The van der Waals surface area contributed by atoms with E-state index in [9.17, 15) is 0 Å². The summed E-state index contributed by atoms with van der Waals surface area (Å²) in [6.07, 6.45) is 4.06. The normalized spacial score (nSPS) is 11.3. The number of halogens is 2.